The molecule has 4 heteroatoms. The molecule has 0 bridgehead atoms. The predicted octanol–water partition coefficient (Wildman–Crippen LogP) is 2.33. The standard InChI is InChI=1S/C17H26N2O2/c1-12-8-16(13(2)19(12)15-5-6-15)17(21)10-18-7-3-4-14(9-18)11-20/h8,14-15,20H,3-7,9-11H2,1-2H3. The smallest absolute Gasteiger partial charge is 0.178 e. The summed E-state index contributed by atoms with van der Waals surface area (Å²) in [6.45, 7) is 6.73. The third-order valence-corrected chi connectivity index (χ3v) is 4.93. The van der Waals surface area contributed by atoms with Gasteiger partial charge in [-0.2, -0.15) is 0 Å². The maximum Gasteiger partial charge on any atom is 0.178 e. The summed E-state index contributed by atoms with van der Waals surface area (Å²) in [5.41, 5.74) is 3.24. The molecular weight excluding hydrogens is 264 g/mol. The minimum absolute atomic E-state index is 0.230. The lowest BCUT2D eigenvalue weighted by Crippen LogP contribution is -2.39. The van der Waals surface area contributed by atoms with Gasteiger partial charge in [-0.15, -0.1) is 0 Å². The molecule has 0 amide bonds. The number of likely N-dealkylation sites (tertiary alicyclic amines) is 1. The number of hydrogen-bond donors (Lipinski definition) is 1. The van der Waals surface area contributed by atoms with Gasteiger partial charge in [0.2, 0.25) is 0 Å². The molecule has 3 rings (SSSR count). The number of piperidine rings is 1. The number of aliphatic hydroxyl groups is 1. The Bertz CT molecular complexity index is 531. The number of nitrogens with zero attached hydrogens (tertiary/aromatic N) is 2. The zero-order chi connectivity index (χ0) is 15.0. The molecule has 1 saturated heterocycles. The minimum Gasteiger partial charge on any atom is -0.396 e. The van der Waals surface area contributed by atoms with E-state index in [1.54, 1.807) is 0 Å². The van der Waals surface area contributed by atoms with Crippen LogP contribution in [0.5, 0.6) is 0 Å². The summed E-state index contributed by atoms with van der Waals surface area (Å²) in [6, 6.07) is 2.68. The van der Waals surface area contributed by atoms with E-state index < -0.39 is 0 Å². The number of carbonyl (C=O) groups excluding carboxylic acids is 1. The molecular formula is C17H26N2O2. The third kappa shape index (κ3) is 3.06. The first-order valence-corrected chi connectivity index (χ1v) is 8.15. The Hall–Kier alpha value is -1.13. The first kappa shape index (κ1) is 14.8. The van der Waals surface area contributed by atoms with Gasteiger partial charge >= 0.3 is 0 Å². The van der Waals surface area contributed by atoms with Crippen molar-refractivity contribution in [3.63, 3.8) is 0 Å². The molecule has 4 nitrogen and oxygen atoms in total. The number of aliphatic hydroxyl groups excluding tert-OH is 1. The molecule has 1 aromatic rings. The second-order valence-electron chi connectivity index (χ2n) is 6.74. The number of aryl methyl sites for hydroxylation is 1. The van der Waals surface area contributed by atoms with Crippen molar-refractivity contribution in [1.82, 2.24) is 9.47 Å². The molecule has 1 aliphatic heterocycles. The van der Waals surface area contributed by atoms with Gasteiger partial charge in [-0.25, -0.2) is 0 Å². The minimum atomic E-state index is 0.230. The summed E-state index contributed by atoms with van der Waals surface area (Å²) in [7, 11) is 0. The molecule has 21 heavy (non-hydrogen) atoms. The summed E-state index contributed by atoms with van der Waals surface area (Å²) >= 11 is 0. The van der Waals surface area contributed by atoms with Gasteiger partial charge in [0.25, 0.3) is 0 Å². The molecule has 2 heterocycles. The van der Waals surface area contributed by atoms with E-state index in [1.165, 1.54) is 18.5 Å². The molecule has 1 N–H and O–H groups in total. The highest BCUT2D eigenvalue weighted by molar-refractivity contribution is 5.99. The van der Waals surface area contributed by atoms with Crippen LogP contribution in [0.25, 0.3) is 0 Å². The number of carbonyl (C=O) groups is 1. The number of ketones is 1. The zero-order valence-corrected chi connectivity index (χ0v) is 13.1. The molecule has 2 fully saturated rings. The highest BCUT2D eigenvalue weighted by Crippen LogP contribution is 2.38. The second kappa shape index (κ2) is 5.93. The Kier molecular flexibility index (Phi) is 4.18. The maximum absolute atomic E-state index is 12.6. The van der Waals surface area contributed by atoms with Gasteiger partial charge in [0.05, 0.1) is 6.54 Å². The van der Waals surface area contributed by atoms with E-state index >= 15 is 0 Å². The van der Waals surface area contributed by atoms with Crippen molar-refractivity contribution in [3.8, 4) is 0 Å². The number of aromatic nitrogens is 1. The number of rotatable bonds is 5. The van der Waals surface area contributed by atoms with E-state index in [1.807, 2.05) is 0 Å². The van der Waals surface area contributed by atoms with Crippen LogP contribution in [-0.4, -0.2) is 46.6 Å². The topological polar surface area (TPSA) is 45.5 Å². The molecule has 2 aliphatic rings. The molecule has 0 radical (unpaired) electrons. The first-order chi connectivity index (χ1) is 10.1. The Morgan fingerprint density at radius 1 is 1.33 bits per heavy atom. The van der Waals surface area contributed by atoms with Gasteiger partial charge in [0, 0.05) is 36.1 Å². The van der Waals surface area contributed by atoms with Crippen LogP contribution in [-0.2, 0) is 0 Å². The molecule has 0 spiro atoms. The maximum atomic E-state index is 12.6. The van der Waals surface area contributed by atoms with Gasteiger partial charge in [0.1, 0.15) is 0 Å². The van der Waals surface area contributed by atoms with Crippen LogP contribution in [0, 0.1) is 19.8 Å². The van der Waals surface area contributed by atoms with Crippen LogP contribution in [0.15, 0.2) is 6.07 Å². The van der Waals surface area contributed by atoms with Crippen molar-refractivity contribution >= 4 is 5.78 Å². The highest BCUT2D eigenvalue weighted by atomic mass is 16.3. The van der Waals surface area contributed by atoms with E-state index in [9.17, 15) is 9.90 Å². The summed E-state index contributed by atoms with van der Waals surface area (Å²) in [4.78, 5) is 14.8. The van der Waals surface area contributed by atoms with Crippen molar-refractivity contribution in [2.24, 2.45) is 5.92 Å². The summed E-state index contributed by atoms with van der Waals surface area (Å²) in [6.07, 6.45) is 4.65. The molecule has 1 aromatic heterocycles. The SMILES string of the molecule is Cc1cc(C(=O)CN2CCCC(CO)C2)c(C)n1C1CC1. The Morgan fingerprint density at radius 3 is 2.76 bits per heavy atom. The van der Waals surface area contributed by atoms with Crippen molar-refractivity contribution in [2.75, 3.05) is 26.2 Å². The van der Waals surface area contributed by atoms with Crippen LogP contribution in [0.3, 0.4) is 0 Å². The van der Waals surface area contributed by atoms with Crippen molar-refractivity contribution in [3.05, 3.63) is 23.0 Å². The lowest BCUT2D eigenvalue weighted by Gasteiger charge is -2.31. The summed E-state index contributed by atoms with van der Waals surface area (Å²) in [5, 5.41) is 9.30. The average molecular weight is 290 g/mol. The number of Topliss-reactive ketones (excluding diaryl/α,β-unsaturated/α-hetero) is 1. The van der Waals surface area contributed by atoms with Gasteiger partial charge in [-0.05, 0) is 58.1 Å². The quantitative estimate of drug-likeness (QED) is 0.847. The Labute approximate surface area is 126 Å². The van der Waals surface area contributed by atoms with Crippen molar-refractivity contribution in [2.45, 2.75) is 45.6 Å². The molecule has 116 valence electrons. The Balaban J connectivity index is 1.69. The fourth-order valence-electron chi connectivity index (χ4n) is 3.69. The van der Waals surface area contributed by atoms with Crippen molar-refractivity contribution in [1.29, 1.82) is 0 Å². The van der Waals surface area contributed by atoms with Crippen LogP contribution >= 0.6 is 0 Å². The first-order valence-electron chi connectivity index (χ1n) is 8.15. The highest BCUT2D eigenvalue weighted by Gasteiger charge is 2.29. The van der Waals surface area contributed by atoms with Crippen LogP contribution in [0.2, 0.25) is 0 Å². The van der Waals surface area contributed by atoms with E-state index in [4.69, 9.17) is 0 Å². The van der Waals surface area contributed by atoms with Crippen molar-refractivity contribution < 1.29 is 9.90 Å². The molecule has 1 atom stereocenters. The Morgan fingerprint density at radius 2 is 2.10 bits per heavy atom. The van der Waals surface area contributed by atoms with Crippen LogP contribution in [0.1, 0.15) is 53.5 Å². The van der Waals surface area contributed by atoms with Gasteiger partial charge < -0.3 is 9.67 Å². The summed E-state index contributed by atoms with van der Waals surface area (Å²) in [5.74, 6) is 0.569. The van der Waals surface area contributed by atoms with E-state index in [-0.39, 0.29) is 12.4 Å². The average Bonchev–Trinajstić information content (AvgIpc) is 3.25. The van der Waals surface area contributed by atoms with Crippen LogP contribution in [0.4, 0.5) is 0 Å². The van der Waals surface area contributed by atoms with E-state index in [2.05, 4.69) is 29.4 Å². The van der Waals surface area contributed by atoms with Gasteiger partial charge in [-0.3, -0.25) is 9.69 Å². The second-order valence-corrected chi connectivity index (χ2v) is 6.74. The predicted molar refractivity (Wildman–Crippen MR) is 82.8 cm³/mol. The zero-order valence-electron chi connectivity index (χ0n) is 13.1. The number of hydrogen-bond acceptors (Lipinski definition) is 3. The monoisotopic (exact) mass is 290 g/mol. The fraction of sp³-hybridized carbons (Fsp3) is 0.706. The normalized spacial score (nSPS) is 23.5. The van der Waals surface area contributed by atoms with Crippen LogP contribution < -0.4 is 0 Å². The lowest BCUT2D eigenvalue weighted by molar-refractivity contribution is 0.0833. The molecule has 0 aromatic carbocycles. The fourth-order valence-corrected chi connectivity index (χ4v) is 3.69. The molecule has 1 saturated carbocycles. The van der Waals surface area contributed by atoms with Gasteiger partial charge in [0.15, 0.2) is 5.78 Å². The van der Waals surface area contributed by atoms with Gasteiger partial charge in [-0.1, -0.05) is 0 Å². The largest absolute Gasteiger partial charge is 0.396 e. The summed E-state index contributed by atoms with van der Waals surface area (Å²) < 4.78 is 2.33. The molecule has 1 aliphatic carbocycles. The lowest BCUT2D eigenvalue weighted by atomic mass is 9.98. The third-order valence-electron chi connectivity index (χ3n) is 4.93. The van der Waals surface area contributed by atoms with E-state index in [0.29, 0.717) is 18.5 Å². The van der Waals surface area contributed by atoms with E-state index in [0.717, 1.165) is 37.2 Å². The molecule has 1 unspecified atom stereocenters.